The molecule has 0 aliphatic carbocycles. The Morgan fingerprint density at radius 2 is 1.00 bits per heavy atom. The van der Waals surface area contributed by atoms with Crippen molar-refractivity contribution in [3.63, 3.8) is 0 Å². The molecule has 4 heavy (non-hydrogen) atoms. The van der Waals surface area contributed by atoms with Gasteiger partial charge in [0.15, 0.2) is 0 Å². The number of hydrogen-bond acceptors (Lipinski definition) is 0. The molecule has 0 unspecified atom stereocenters. The summed E-state index contributed by atoms with van der Waals surface area (Å²) in [6.45, 7) is 0. The van der Waals surface area contributed by atoms with Crippen LogP contribution < -0.4 is 0 Å². The zero-order valence-corrected chi connectivity index (χ0v) is 7.16. The second kappa shape index (κ2) is 20.3. The minimum Gasteiger partial charge on any atom is 0 e. The van der Waals surface area contributed by atoms with Gasteiger partial charge in [0.05, 0.1) is 0 Å². The van der Waals surface area contributed by atoms with Crippen molar-refractivity contribution in [2.24, 2.45) is 0 Å². The van der Waals surface area contributed by atoms with Crippen molar-refractivity contribution in [3.05, 3.63) is 0 Å². The Hall–Kier alpha value is 1.96. The fraction of sp³-hybridized carbons (Fsp3) is 0. The van der Waals surface area contributed by atoms with E-state index in [0.717, 1.165) is 0 Å². The van der Waals surface area contributed by atoms with Gasteiger partial charge in [-0.3, -0.25) is 0 Å². The Kier molecular flexibility index (Phi) is 194. The molecule has 0 aromatic carbocycles. The van der Waals surface area contributed by atoms with Crippen LogP contribution in [0.4, 0.5) is 0 Å². The van der Waals surface area contributed by atoms with Gasteiger partial charge in [-0.05, 0) is 0 Å². The molecule has 0 atom stereocenters. The zero-order valence-electron chi connectivity index (χ0n) is 1.69. The van der Waals surface area contributed by atoms with Crippen molar-refractivity contribution < 1.29 is 55.5 Å². The van der Waals surface area contributed by atoms with Crippen LogP contribution in [0.2, 0.25) is 0 Å². The topological polar surface area (TPSA) is 0 Å². The van der Waals surface area contributed by atoms with Crippen LogP contribution in [-0.4, -0.2) is 11.0 Å². The average Bonchev–Trinajstić information content (AvgIpc) is 0. The summed E-state index contributed by atoms with van der Waals surface area (Å²) in [5.74, 6) is 0. The fourth-order valence-corrected chi connectivity index (χ4v) is 0. The molecular weight excluding hydrogens is 231 g/mol. The molecule has 0 fully saturated rings. The first kappa shape index (κ1) is 38.2. The molecule has 5 radical (unpaired) electrons. The third-order valence-corrected chi connectivity index (χ3v) is 0. The van der Waals surface area contributed by atoms with Gasteiger partial charge in [-0.15, -0.1) is 0 Å². The van der Waals surface area contributed by atoms with Gasteiger partial charge in [-0.2, -0.15) is 0 Å². The van der Waals surface area contributed by atoms with Crippen molar-refractivity contribution in [1.82, 2.24) is 0 Å². The Morgan fingerprint density at radius 1 is 1.00 bits per heavy atom. The quantitative estimate of drug-likeness (QED) is 0.498. The Bertz CT molecular complexity index is 8.00. The Morgan fingerprint density at radius 3 is 1.00 bits per heavy atom. The van der Waals surface area contributed by atoms with Crippen LogP contribution >= 0.6 is 0 Å². The first-order chi connectivity index (χ1) is 0. The standard InChI is InChI=1S/Cr.Mn.Mo.Si. The summed E-state index contributed by atoms with van der Waals surface area (Å²) in [7, 11) is 0. The molecule has 0 amide bonds. The second-order valence-corrected chi connectivity index (χ2v) is 0. The van der Waals surface area contributed by atoms with Crippen LogP contribution in [0.15, 0.2) is 0 Å². The second-order valence-electron chi connectivity index (χ2n) is 0. The normalized spacial score (nSPS) is 0. The minimum atomic E-state index is 0. The van der Waals surface area contributed by atoms with E-state index in [9.17, 15) is 0 Å². The van der Waals surface area contributed by atoms with Gasteiger partial charge in [0, 0.05) is 66.5 Å². The maximum absolute atomic E-state index is 0. The fourth-order valence-electron chi connectivity index (χ4n) is 0. The molecule has 23 valence electrons. The van der Waals surface area contributed by atoms with E-state index in [-0.39, 0.29) is 66.5 Å². The molecule has 4 heteroatoms. The van der Waals surface area contributed by atoms with Crippen molar-refractivity contribution in [3.8, 4) is 0 Å². The van der Waals surface area contributed by atoms with E-state index in [1.54, 1.807) is 0 Å². The third kappa shape index (κ3) is 9.03. The molecule has 0 aliphatic rings. The molecule has 0 nitrogen and oxygen atoms in total. The van der Waals surface area contributed by atoms with E-state index in [1.165, 1.54) is 0 Å². The zero-order chi connectivity index (χ0) is 0. The van der Waals surface area contributed by atoms with E-state index in [4.69, 9.17) is 0 Å². The maximum atomic E-state index is 0. The van der Waals surface area contributed by atoms with Gasteiger partial charge in [-0.1, -0.05) is 0 Å². The molecule has 0 aromatic heterocycles. The molecule has 0 rings (SSSR count). The summed E-state index contributed by atoms with van der Waals surface area (Å²) in [4.78, 5) is 0. The van der Waals surface area contributed by atoms with Crippen molar-refractivity contribution in [1.29, 1.82) is 0 Å². The number of rotatable bonds is 0. The van der Waals surface area contributed by atoms with Crippen molar-refractivity contribution in [2.45, 2.75) is 0 Å². The molecule has 0 bridgehead atoms. The van der Waals surface area contributed by atoms with Crippen LogP contribution in [0.3, 0.4) is 0 Å². The van der Waals surface area contributed by atoms with Crippen molar-refractivity contribution in [2.75, 3.05) is 0 Å². The van der Waals surface area contributed by atoms with Crippen LogP contribution in [0.1, 0.15) is 0 Å². The SMILES string of the molecule is [Cr].[Mn].[Mo].[Si]. The van der Waals surface area contributed by atoms with Crippen LogP contribution in [-0.2, 0) is 55.5 Å². The molecule has 0 aromatic rings. The number of hydrogen-bond donors (Lipinski definition) is 0. The maximum Gasteiger partial charge on any atom is 0 e. The molecule has 0 N–H and O–H groups in total. The predicted octanol–water partition coefficient (Wildman–Crippen LogP) is -0.388. The molecule has 0 saturated heterocycles. The van der Waals surface area contributed by atoms with E-state index < -0.39 is 0 Å². The third-order valence-electron chi connectivity index (χ3n) is 0. The van der Waals surface area contributed by atoms with Crippen molar-refractivity contribution >= 4 is 11.0 Å². The van der Waals surface area contributed by atoms with Gasteiger partial charge in [0.2, 0.25) is 0 Å². The first-order valence-corrected chi connectivity index (χ1v) is 0. The minimum absolute atomic E-state index is 0. The molecule has 0 spiro atoms. The molecular formula is CrMnMoSi. The van der Waals surface area contributed by atoms with E-state index in [1.807, 2.05) is 0 Å². The molecule has 0 aliphatic heterocycles. The van der Waals surface area contributed by atoms with E-state index in [2.05, 4.69) is 0 Å². The predicted molar refractivity (Wildman–Crippen MR) is 5.75 cm³/mol. The Labute approximate surface area is 66.0 Å². The van der Waals surface area contributed by atoms with Gasteiger partial charge in [0.1, 0.15) is 0 Å². The molecule has 0 saturated carbocycles. The van der Waals surface area contributed by atoms with Crippen LogP contribution in [0.5, 0.6) is 0 Å². The van der Waals surface area contributed by atoms with E-state index in [0.29, 0.717) is 0 Å². The van der Waals surface area contributed by atoms with Gasteiger partial charge < -0.3 is 0 Å². The summed E-state index contributed by atoms with van der Waals surface area (Å²) in [6.07, 6.45) is 0. The summed E-state index contributed by atoms with van der Waals surface area (Å²) in [5.41, 5.74) is 0. The largest absolute Gasteiger partial charge is 0 e. The Balaban J connectivity index is 0. The first-order valence-electron chi connectivity index (χ1n) is 0. The average molecular weight is 231 g/mol. The van der Waals surface area contributed by atoms with Gasteiger partial charge >= 0.3 is 0 Å². The van der Waals surface area contributed by atoms with Gasteiger partial charge in [0.25, 0.3) is 0 Å². The summed E-state index contributed by atoms with van der Waals surface area (Å²) in [5, 5.41) is 0. The van der Waals surface area contributed by atoms with Crippen LogP contribution in [0, 0.1) is 0 Å². The summed E-state index contributed by atoms with van der Waals surface area (Å²) in [6, 6.07) is 0. The summed E-state index contributed by atoms with van der Waals surface area (Å²) < 4.78 is 0. The smallest absolute Gasteiger partial charge is 0 e. The summed E-state index contributed by atoms with van der Waals surface area (Å²) >= 11 is 0. The van der Waals surface area contributed by atoms with Gasteiger partial charge in [-0.25, -0.2) is 0 Å². The van der Waals surface area contributed by atoms with E-state index >= 15 is 0 Å². The molecule has 0 heterocycles. The van der Waals surface area contributed by atoms with Crippen LogP contribution in [0.25, 0.3) is 0 Å². The monoisotopic (exact) mass is 233 g/mol.